The van der Waals surface area contributed by atoms with Crippen LogP contribution in [0.2, 0.25) is 0 Å². The van der Waals surface area contributed by atoms with Gasteiger partial charge in [-0.3, -0.25) is 0 Å². The Hall–Kier alpha value is -0.870. The third kappa shape index (κ3) is 3.12. The molecule has 1 aromatic heterocycles. The first-order chi connectivity index (χ1) is 8.58. The van der Waals surface area contributed by atoms with Gasteiger partial charge in [-0.05, 0) is 53.5 Å². The summed E-state index contributed by atoms with van der Waals surface area (Å²) in [5.41, 5.74) is 3.28. The van der Waals surface area contributed by atoms with Crippen molar-refractivity contribution in [3.63, 3.8) is 0 Å². The van der Waals surface area contributed by atoms with Gasteiger partial charge in [-0.15, -0.1) is 0 Å². The van der Waals surface area contributed by atoms with Crippen LogP contribution in [0.1, 0.15) is 24.2 Å². The number of hydrogen-bond acceptors (Lipinski definition) is 2. The molecule has 0 bridgehead atoms. The molecule has 2 nitrogen and oxygen atoms in total. The van der Waals surface area contributed by atoms with E-state index in [9.17, 15) is 0 Å². The summed E-state index contributed by atoms with van der Waals surface area (Å²) >= 11 is 6.95. The lowest BCUT2D eigenvalue weighted by atomic mass is 10.1. The molecule has 1 unspecified atom stereocenters. The second-order valence-electron chi connectivity index (χ2n) is 4.15. The zero-order chi connectivity index (χ0) is 13.1. The molecular formula is C14H14Br2N2. The lowest BCUT2D eigenvalue weighted by molar-refractivity contribution is 0.873. The summed E-state index contributed by atoms with van der Waals surface area (Å²) in [6.07, 6.45) is 0. The fourth-order valence-corrected chi connectivity index (χ4v) is 2.85. The number of pyridine rings is 1. The summed E-state index contributed by atoms with van der Waals surface area (Å²) in [6, 6.07) is 12.4. The molecule has 0 spiro atoms. The number of aryl methyl sites for hydroxylation is 1. The molecule has 1 atom stereocenters. The first-order valence-electron chi connectivity index (χ1n) is 5.72. The van der Waals surface area contributed by atoms with Crippen LogP contribution in [-0.4, -0.2) is 4.98 Å². The minimum atomic E-state index is 0.224. The van der Waals surface area contributed by atoms with Crippen LogP contribution in [0.15, 0.2) is 45.5 Å². The molecule has 0 saturated heterocycles. The maximum atomic E-state index is 4.39. The fourth-order valence-electron chi connectivity index (χ4n) is 1.82. The smallest absolute Gasteiger partial charge is 0.106 e. The van der Waals surface area contributed by atoms with Crippen LogP contribution >= 0.6 is 31.9 Å². The average molecular weight is 370 g/mol. The van der Waals surface area contributed by atoms with E-state index in [2.05, 4.69) is 61.2 Å². The minimum absolute atomic E-state index is 0.224. The zero-order valence-electron chi connectivity index (χ0n) is 10.2. The lowest BCUT2D eigenvalue weighted by Gasteiger charge is -2.18. The molecule has 1 heterocycles. The number of rotatable bonds is 3. The summed E-state index contributed by atoms with van der Waals surface area (Å²) in [6.45, 7) is 4.14. The highest BCUT2D eigenvalue weighted by atomic mass is 79.9. The second-order valence-corrected chi connectivity index (χ2v) is 5.82. The topological polar surface area (TPSA) is 24.9 Å². The molecule has 2 aromatic rings. The molecule has 18 heavy (non-hydrogen) atoms. The van der Waals surface area contributed by atoms with Crippen molar-refractivity contribution in [2.75, 3.05) is 5.32 Å². The Bertz CT molecular complexity index is 555. The van der Waals surface area contributed by atoms with Crippen molar-refractivity contribution in [2.45, 2.75) is 19.9 Å². The van der Waals surface area contributed by atoms with E-state index in [4.69, 9.17) is 0 Å². The van der Waals surface area contributed by atoms with E-state index in [0.717, 1.165) is 20.5 Å². The van der Waals surface area contributed by atoms with Gasteiger partial charge in [-0.25, -0.2) is 4.98 Å². The third-order valence-electron chi connectivity index (χ3n) is 2.80. The van der Waals surface area contributed by atoms with Crippen molar-refractivity contribution in [3.8, 4) is 0 Å². The van der Waals surface area contributed by atoms with Gasteiger partial charge in [0.05, 0.1) is 11.4 Å². The molecule has 94 valence electrons. The van der Waals surface area contributed by atoms with Gasteiger partial charge in [0.1, 0.15) is 4.60 Å². The van der Waals surface area contributed by atoms with E-state index in [-0.39, 0.29) is 6.04 Å². The molecule has 0 aliphatic rings. The molecule has 4 heteroatoms. The summed E-state index contributed by atoms with van der Waals surface area (Å²) in [4.78, 5) is 4.39. The molecule has 0 saturated carbocycles. The highest BCUT2D eigenvalue weighted by molar-refractivity contribution is 9.10. The number of aromatic nitrogens is 1. The van der Waals surface area contributed by atoms with Crippen molar-refractivity contribution in [3.05, 3.63) is 56.7 Å². The van der Waals surface area contributed by atoms with Crippen LogP contribution in [0.5, 0.6) is 0 Å². The number of benzene rings is 1. The Labute approximate surface area is 124 Å². The molecule has 0 aliphatic carbocycles. The van der Waals surface area contributed by atoms with E-state index < -0.39 is 0 Å². The molecule has 0 amide bonds. The fraction of sp³-hybridized carbons (Fsp3) is 0.214. The van der Waals surface area contributed by atoms with E-state index in [1.54, 1.807) is 0 Å². The summed E-state index contributed by atoms with van der Waals surface area (Å²) in [5.74, 6) is 0. The monoisotopic (exact) mass is 368 g/mol. The zero-order valence-corrected chi connectivity index (χ0v) is 13.4. The maximum Gasteiger partial charge on any atom is 0.106 e. The van der Waals surface area contributed by atoms with E-state index in [0.29, 0.717) is 0 Å². The standard InChI is InChI=1S/C14H14Br2N2/c1-9(11-5-3-4-6-12(11)15)17-13-7-8-14(16)18-10(13)2/h3-9,17H,1-2H3. The average Bonchev–Trinajstić information content (AvgIpc) is 2.33. The largest absolute Gasteiger partial charge is 0.377 e. The molecule has 0 radical (unpaired) electrons. The number of nitrogens with one attached hydrogen (secondary N) is 1. The van der Waals surface area contributed by atoms with Crippen molar-refractivity contribution >= 4 is 37.5 Å². The Morgan fingerprint density at radius 3 is 2.50 bits per heavy atom. The summed E-state index contributed by atoms with van der Waals surface area (Å²) < 4.78 is 1.98. The summed E-state index contributed by atoms with van der Waals surface area (Å²) in [7, 11) is 0. The van der Waals surface area contributed by atoms with Gasteiger partial charge in [-0.1, -0.05) is 34.1 Å². The molecule has 2 rings (SSSR count). The van der Waals surface area contributed by atoms with Crippen LogP contribution in [0.3, 0.4) is 0 Å². The van der Waals surface area contributed by atoms with Gasteiger partial charge in [0, 0.05) is 10.5 Å². The van der Waals surface area contributed by atoms with Crippen molar-refractivity contribution in [1.82, 2.24) is 4.98 Å². The third-order valence-corrected chi connectivity index (χ3v) is 3.96. The van der Waals surface area contributed by atoms with Crippen LogP contribution < -0.4 is 5.32 Å². The summed E-state index contributed by atoms with van der Waals surface area (Å²) in [5, 5.41) is 3.48. The van der Waals surface area contributed by atoms with Gasteiger partial charge in [0.15, 0.2) is 0 Å². The van der Waals surface area contributed by atoms with Gasteiger partial charge in [0.2, 0.25) is 0 Å². The molecule has 0 aliphatic heterocycles. The number of nitrogens with zero attached hydrogens (tertiary/aromatic N) is 1. The number of anilines is 1. The Morgan fingerprint density at radius 1 is 1.11 bits per heavy atom. The predicted molar refractivity (Wildman–Crippen MR) is 82.9 cm³/mol. The highest BCUT2D eigenvalue weighted by Crippen LogP contribution is 2.27. The van der Waals surface area contributed by atoms with Crippen LogP contribution in [-0.2, 0) is 0 Å². The quantitative estimate of drug-likeness (QED) is 0.762. The van der Waals surface area contributed by atoms with E-state index in [1.807, 2.05) is 31.2 Å². The van der Waals surface area contributed by atoms with E-state index in [1.165, 1.54) is 5.56 Å². The first-order valence-corrected chi connectivity index (χ1v) is 7.30. The van der Waals surface area contributed by atoms with Gasteiger partial charge < -0.3 is 5.32 Å². The minimum Gasteiger partial charge on any atom is -0.377 e. The Kier molecular flexibility index (Phi) is 4.40. The van der Waals surface area contributed by atoms with Crippen molar-refractivity contribution in [1.29, 1.82) is 0 Å². The molecule has 0 fully saturated rings. The van der Waals surface area contributed by atoms with Crippen molar-refractivity contribution in [2.24, 2.45) is 0 Å². The van der Waals surface area contributed by atoms with E-state index >= 15 is 0 Å². The number of hydrogen-bond donors (Lipinski definition) is 1. The van der Waals surface area contributed by atoms with Crippen molar-refractivity contribution < 1.29 is 0 Å². The Balaban J connectivity index is 2.21. The first kappa shape index (κ1) is 13.6. The van der Waals surface area contributed by atoms with Gasteiger partial charge in [-0.2, -0.15) is 0 Å². The van der Waals surface area contributed by atoms with Gasteiger partial charge >= 0.3 is 0 Å². The van der Waals surface area contributed by atoms with Crippen LogP contribution in [0.4, 0.5) is 5.69 Å². The highest BCUT2D eigenvalue weighted by Gasteiger charge is 2.10. The van der Waals surface area contributed by atoms with Gasteiger partial charge in [0.25, 0.3) is 0 Å². The van der Waals surface area contributed by atoms with Crippen LogP contribution in [0.25, 0.3) is 0 Å². The maximum absolute atomic E-state index is 4.39. The lowest BCUT2D eigenvalue weighted by Crippen LogP contribution is -2.08. The SMILES string of the molecule is Cc1nc(Br)ccc1NC(C)c1ccccc1Br. The molecule has 1 aromatic carbocycles. The molecule has 1 N–H and O–H groups in total. The number of halogens is 2. The normalized spacial score (nSPS) is 12.2. The second kappa shape index (κ2) is 5.85. The predicted octanol–water partition coefficient (Wildman–Crippen LogP) is 5.09. The Morgan fingerprint density at radius 2 is 1.83 bits per heavy atom. The molecular weight excluding hydrogens is 356 g/mol. The van der Waals surface area contributed by atoms with Crippen LogP contribution in [0, 0.1) is 6.92 Å².